The van der Waals surface area contributed by atoms with Gasteiger partial charge in [0.2, 0.25) is 5.91 Å². The third-order valence-corrected chi connectivity index (χ3v) is 3.68. The van der Waals surface area contributed by atoms with Crippen molar-refractivity contribution in [2.75, 3.05) is 41.0 Å². The van der Waals surface area contributed by atoms with Crippen LogP contribution in [0.4, 0.5) is 0 Å². The van der Waals surface area contributed by atoms with Crippen molar-refractivity contribution >= 4 is 5.91 Å². The maximum absolute atomic E-state index is 12.3. The average molecular weight is 308 g/mol. The molecule has 1 saturated heterocycles. The number of rotatable bonds is 6. The fourth-order valence-electron chi connectivity index (χ4n) is 2.44. The van der Waals surface area contributed by atoms with Crippen LogP contribution >= 0.6 is 0 Å². The summed E-state index contributed by atoms with van der Waals surface area (Å²) in [7, 11) is 5.03. The van der Waals surface area contributed by atoms with Crippen LogP contribution in [0.25, 0.3) is 0 Å². The molecule has 1 aromatic rings. The van der Waals surface area contributed by atoms with Crippen molar-refractivity contribution in [1.82, 2.24) is 10.2 Å². The van der Waals surface area contributed by atoms with Gasteiger partial charge in [-0.2, -0.15) is 0 Å². The smallest absolute Gasteiger partial charge is 0.224 e. The molecule has 1 N–H and O–H groups in total. The van der Waals surface area contributed by atoms with Crippen LogP contribution in [0.1, 0.15) is 12.0 Å². The van der Waals surface area contributed by atoms with E-state index < -0.39 is 0 Å². The molecule has 1 amide bonds. The van der Waals surface area contributed by atoms with E-state index in [9.17, 15) is 4.79 Å². The predicted molar refractivity (Wildman–Crippen MR) is 83.2 cm³/mol. The lowest BCUT2D eigenvalue weighted by Gasteiger charge is -2.26. The molecule has 1 unspecified atom stereocenters. The first-order valence-electron chi connectivity index (χ1n) is 7.39. The van der Waals surface area contributed by atoms with Gasteiger partial charge in [0.05, 0.1) is 27.4 Å². The zero-order chi connectivity index (χ0) is 15.9. The molecule has 6 nitrogen and oxygen atoms in total. The number of morpholine rings is 1. The van der Waals surface area contributed by atoms with Gasteiger partial charge < -0.3 is 24.4 Å². The third kappa shape index (κ3) is 4.61. The number of benzene rings is 1. The van der Waals surface area contributed by atoms with Gasteiger partial charge in [-0.3, -0.25) is 4.79 Å². The van der Waals surface area contributed by atoms with Crippen LogP contribution in [0, 0.1) is 0 Å². The van der Waals surface area contributed by atoms with E-state index in [0.717, 1.165) is 23.6 Å². The van der Waals surface area contributed by atoms with Crippen molar-refractivity contribution in [3.63, 3.8) is 0 Å². The molecule has 0 saturated carbocycles. The van der Waals surface area contributed by atoms with Gasteiger partial charge in [0, 0.05) is 38.7 Å². The monoisotopic (exact) mass is 308 g/mol. The molecule has 6 heteroatoms. The van der Waals surface area contributed by atoms with Gasteiger partial charge in [0.1, 0.15) is 11.5 Å². The van der Waals surface area contributed by atoms with Crippen LogP contribution in [-0.4, -0.2) is 57.9 Å². The Bertz CT molecular complexity index is 479. The minimum atomic E-state index is 0.0878. The molecule has 122 valence electrons. The molecule has 22 heavy (non-hydrogen) atoms. The summed E-state index contributed by atoms with van der Waals surface area (Å²) in [4.78, 5) is 14.0. The zero-order valence-electron chi connectivity index (χ0n) is 13.4. The highest BCUT2D eigenvalue weighted by molar-refractivity contribution is 5.76. The lowest BCUT2D eigenvalue weighted by molar-refractivity contribution is -0.131. The normalized spacial score (nSPS) is 17.9. The third-order valence-electron chi connectivity index (χ3n) is 3.68. The van der Waals surface area contributed by atoms with Crippen LogP contribution in [-0.2, 0) is 16.1 Å². The SMILES string of the molecule is COc1cc(CN(C)C(=O)CC2COCCN2)cc(OC)c1. The van der Waals surface area contributed by atoms with Crippen molar-refractivity contribution in [3.8, 4) is 11.5 Å². The van der Waals surface area contributed by atoms with E-state index in [1.54, 1.807) is 26.2 Å². The molecule has 0 aliphatic carbocycles. The summed E-state index contributed by atoms with van der Waals surface area (Å²) in [6.45, 7) is 2.62. The molecule has 0 bridgehead atoms. The van der Waals surface area contributed by atoms with Crippen LogP contribution in [0.15, 0.2) is 18.2 Å². The first kappa shape index (κ1) is 16.6. The molecule has 1 aliphatic heterocycles. The van der Waals surface area contributed by atoms with Gasteiger partial charge in [0.15, 0.2) is 0 Å². The van der Waals surface area contributed by atoms with Gasteiger partial charge in [-0.25, -0.2) is 0 Å². The van der Waals surface area contributed by atoms with E-state index in [0.29, 0.717) is 26.2 Å². The Morgan fingerprint density at radius 3 is 2.55 bits per heavy atom. The van der Waals surface area contributed by atoms with Crippen molar-refractivity contribution < 1.29 is 19.0 Å². The highest BCUT2D eigenvalue weighted by atomic mass is 16.5. The highest BCUT2D eigenvalue weighted by Crippen LogP contribution is 2.23. The molecule has 2 rings (SSSR count). The quantitative estimate of drug-likeness (QED) is 0.851. The van der Waals surface area contributed by atoms with Crippen molar-refractivity contribution in [2.45, 2.75) is 19.0 Å². The number of nitrogens with one attached hydrogen (secondary N) is 1. The second kappa shape index (κ2) is 8.00. The lowest BCUT2D eigenvalue weighted by atomic mass is 10.1. The van der Waals surface area contributed by atoms with E-state index in [4.69, 9.17) is 14.2 Å². The number of carbonyl (C=O) groups excluding carboxylic acids is 1. The second-order valence-electron chi connectivity index (χ2n) is 5.40. The highest BCUT2D eigenvalue weighted by Gasteiger charge is 2.19. The summed E-state index contributed by atoms with van der Waals surface area (Å²) in [5.41, 5.74) is 0.972. The Morgan fingerprint density at radius 2 is 2.00 bits per heavy atom. The van der Waals surface area contributed by atoms with Crippen LogP contribution in [0.3, 0.4) is 0 Å². The number of nitrogens with zero attached hydrogens (tertiary/aromatic N) is 1. The van der Waals surface area contributed by atoms with E-state index in [1.807, 2.05) is 18.2 Å². The van der Waals surface area contributed by atoms with Crippen LogP contribution in [0.5, 0.6) is 11.5 Å². The van der Waals surface area contributed by atoms with Crippen molar-refractivity contribution in [3.05, 3.63) is 23.8 Å². The van der Waals surface area contributed by atoms with Gasteiger partial charge in [-0.05, 0) is 17.7 Å². The molecular formula is C16H24N2O4. The molecule has 1 heterocycles. The van der Waals surface area contributed by atoms with E-state index in [2.05, 4.69) is 5.32 Å². The van der Waals surface area contributed by atoms with Gasteiger partial charge in [-0.1, -0.05) is 0 Å². The van der Waals surface area contributed by atoms with Crippen molar-refractivity contribution in [2.24, 2.45) is 0 Å². The first-order chi connectivity index (χ1) is 10.6. The first-order valence-corrected chi connectivity index (χ1v) is 7.39. The molecule has 1 aliphatic rings. The number of carbonyl (C=O) groups is 1. The molecule has 1 atom stereocenters. The maximum Gasteiger partial charge on any atom is 0.224 e. The molecule has 1 fully saturated rings. The molecular weight excluding hydrogens is 284 g/mol. The maximum atomic E-state index is 12.3. The second-order valence-corrected chi connectivity index (χ2v) is 5.40. The predicted octanol–water partition coefficient (Wildman–Crippen LogP) is 1.04. The van der Waals surface area contributed by atoms with E-state index in [-0.39, 0.29) is 11.9 Å². The van der Waals surface area contributed by atoms with E-state index in [1.165, 1.54) is 0 Å². The summed E-state index contributed by atoms with van der Waals surface area (Å²) in [6, 6.07) is 5.74. The number of hydrogen-bond donors (Lipinski definition) is 1. The zero-order valence-corrected chi connectivity index (χ0v) is 13.4. The Kier molecular flexibility index (Phi) is 6.03. The molecule has 0 aromatic heterocycles. The summed E-state index contributed by atoms with van der Waals surface area (Å²) in [5, 5.41) is 3.29. The van der Waals surface area contributed by atoms with E-state index >= 15 is 0 Å². The topological polar surface area (TPSA) is 60.0 Å². The molecule has 0 radical (unpaired) electrons. The Labute approximate surface area is 131 Å². The summed E-state index contributed by atoms with van der Waals surface area (Å²) < 4.78 is 15.9. The Balaban J connectivity index is 1.95. The number of ether oxygens (including phenoxy) is 3. The summed E-state index contributed by atoms with van der Waals surface area (Å²) in [6.07, 6.45) is 0.442. The Hall–Kier alpha value is -1.79. The minimum Gasteiger partial charge on any atom is -0.497 e. The summed E-state index contributed by atoms with van der Waals surface area (Å²) >= 11 is 0. The van der Waals surface area contributed by atoms with Crippen LogP contribution < -0.4 is 14.8 Å². The van der Waals surface area contributed by atoms with Gasteiger partial charge in [-0.15, -0.1) is 0 Å². The number of amides is 1. The standard InChI is InChI=1S/C16H24N2O4/c1-18(16(19)8-13-11-22-5-4-17-13)10-12-6-14(20-2)9-15(7-12)21-3/h6-7,9,13,17H,4-5,8,10-11H2,1-3H3. The Morgan fingerprint density at radius 1 is 1.32 bits per heavy atom. The van der Waals surface area contributed by atoms with Gasteiger partial charge >= 0.3 is 0 Å². The fourth-order valence-corrected chi connectivity index (χ4v) is 2.44. The average Bonchev–Trinajstić information content (AvgIpc) is 2.55. The van der Waals surface area contributed by atoms with Crippen molar-refractivity contribution in [1.29, 1.82) is 0 Å². The number of hydrogen-bond acceptors (Lipinski definition) is 5. The fraction of sp³-hybridized carbons (Fsp3) is 0.562. The lowest BCUT2D eigenvalue weighted by Crippen LogP contribution is -2.44. The largest absolute Gasteiger partial charge is 0.497 e. The van der Waals surface area contributed by atoms with Gasteiger partial charge in [0.25, 0.3) is 0 Å². The minimum absolute atomic E-state index is 0.0878. The molecule has 1 aromatic carbocycles. The summed E-state index contributed by atoms with van der Waals surface area (Å²) in [5.74, 6) is 1.53. The number of methoxy groups -OCH3 is 2. The van der Waals surface area contributed by atoms with Crippen LogP contribution in [0.2, 0.25) is 0 Å². The molecule has 0 spiro atoms.